The molecule has 1 N–H and O–H groups in total. The maximum Gasteiger partial charge on any atom is 0.335 e. The highest BCUT2D eigenvalue weighted by Crippen LogP contribution is 2.25. The van der Waals surface area contributed by atoms with Crippen molar-refractivity contribution in [2.45, 2.75) is 11.9 Å². The van der Waals surface area contributed by atoms with Crippen molar-refractivity contribution in [3.05, 3.63) is 30.3 Å². The fraction of sp³-hybridized carbons (Fsp3) is 0.273. The molecule has 5 nitrogen and oxygen atoms in total. The molecule has 6 heteroatoms. The molecule has 0 bridgehead atoms. The number of amides is 4. The van der Waals surface area contributed by atoms with Crippen LogP contribution in [-0.4, -0.2) is 29.0 Å². The lowest BCUT2D eigenvalue weighted by Crippen LogP contribution is -2.68. The van der Waals surface area contributed by atoms with Crippen LogP contribution in [-0.2, 0) is 0 Å². The van der Waals surface area contributed by atoms with Crippen molar-refractivity contribution in [2.24, 2.45) is 0 Å². The van der Waals surface area contributed by atoms with Crippen LogP contribution >= 0.6 is 12.6 Å². The third-order valence-electron chi connectivity index (χ3n) is 2.69. The van der Waals surface area contributed by atoms with E-state index in [2.05, 4.69) is 17.9 Å². The van der Waals surface area contributed by atoms with Crippen LogP contribution in [0.3, 0.4) is 0 Å². The van der Waals surface area contributed by atoms with Crippen LogP contribution < -0.4 is 10.2 Å². The Bertz CT molecular complexity index is 461. The highest BCUT2D eigenvalue weighted by Gasteiger charge is 2.42. The number of imide groups is 1. The van der Waals surface area contributed by atoms with E-state index < -0.39 is 17.1 Å². The highest BCUT2D eigenvalue weighted by molar-refractivity contribution is 7.81. The predicted molar refractivity (Wildman–Crippen MR) is 68.0 cm³/mol. The molecule has 1 aliphatic heterocycles. The van der Waals surface area contributed by atoms with Gasteiger partial charge in [0.25, 0.3) is 0 Å². The average molecular weight is 251 g/mol. The molecule has 1 fully saturated rings. The Morgan fingerprint density at radius 1 is 1.24 bits per heavy atom. The molecular formula is C11H13N3O2S. The Hall–Kier alpha value is -1.69. The minimum absolute atomic E-state index is 0.405. The molecule has 0 aromatic heterocycles. The summed E-state index contributed by atoms with van der Waals surface area (Å²) in [4.78, 5) is 25.5. The average Bonchev–Trinajstić information content (AvgIpc) is 2.27. The van der Waals surface area contributed by atoms with E-state index >= 15 is 0 Å². The molecule has 0 spiro atoms. The van der Waals surface area contributed by atoms with E-state index in [1.165, 1.54) is 4.90 Å². The predicted octanol–water partition coefficient (Wildman–Crippen LogP) is 1.87. The van der Waals surface area contributed by atoms with Crippen LogP contribution in [0.25, 0.3) is 0 Å². The molecule has 1 aromatic rings. The SMILES string of the molecule is CN1C(=O)N(c2ccccc2)C(=O)NC1(C)S. The number of carbonyl (C=O) groups excluding carboxylic acids is 2. The van der Waals surface area contributed by atoms with Crippen molar-refractivity contribution in [2.75, 3.05) is 11.9 Å². The fourth-order valence-electron chi connectivity index (χ4n) is 1.57. The Balaban J connectivity index is 2.37. The number of carbonyl (C=O) groups is 2. The lowest BCUT2D eigenvalue weighted by atomic mass is 10.3. The van der Waals surface area contributed by atoms with E-state index in [1.807, 2.05) is 6.07 Å². The van der Waals surface area contributed by atoms with Gasteiger partial charge in [-0.3, -0.25) is 4.90 Å². The number of nitrogens with one attached hydrogen (secondary N) is 1. The minimum Gasteiger partial charge on any atom is -0.306 e. The van der Waals surface area contributed by atoms with E-state index in [9.17, 15) is 9.59 Å². The molecular weight excluding hydrogens is 238 g/mol. The number of hydrogen-bond donors (Lipinski definition) is 2. The molecule has 1 aromatic carbocycles. The summed E-state index contributed by atoms with van der Waals surface area (Å²) in [6.07, 6.45) is 0. The molecule has 1 atom stereocenters. The molecule has 0 radical (unpaired) electrons. The van der Waals surface area contributed by atoms with Gasteiger partial charge in [0, 0.05) is 7.05 Å². The summed E-state index contributed by atoms with van der Waals surface area (Å²) >= 11 is 4.23. The number of benzene rings is 1. The maximum atomic E-state index is 12.1. The van der Waals surface area contributed by atoms with E-state index in [4.69, 9.17) is 0 Å². The first-order valence-electron chi connectivity index (χ1n) is 5.11. The van der Waals surface area contributed by atoms with Crippen molar-refractivity contribution in [1.82, 2.24) is 10.2 Å². The number of para-hydroxylation sites is 1. The van der Waals surface area contributed by atoms with Crippen molar-refractivity contribution in [1.29, 1.82) is 0 Å². The molecule has 0 saturated carbocycles. The van der Waals surface area contributed by atoms with Crippen LogP contribution in [0.1, 0.15) is 6.92 Å². The van der Waals surface area contributed by atoms with Crippen molar-refractivity contribution in [3.8, 4) is 0 Å². The van der Waals surface area contributed by atoms with Gasteiger partial charge < -0.3 is 5.32 Å². The molecule has 4 amide bonds. The topological polar surface area (TPSA) is 52.7 Å². The summed E-state index contributed by atoms with van der Waals surface area (Å²) in [6, 6.07) is 7.88. The van der Waals surface area contributed by atoms with Crippen molar-refractivity contribution >= 4 is 30.4 Å². The summed E-state index contributed by atoms with van der Waals surface area (Å²) in [6.45, 7) is 1.65. The normalized spacial score (nSPS) is 24.9. The smallest absolute Gasteiger partial charge is 0.306 e. The molecule has 1 aliphatic rings. The van der Waals surface area contributed by atoms with Gasteiger partial charge in [-0.15, -0.1) is 12.6 Å². The number of nitrogens with zero attached hydrogens (tertiary/aromatic N) is 2. The van der Waals surface area contributed by atoms with Crippen LogP contribution in [0.2, 0.25) is 0 Å². The van der Waals surface area contributed by atoms with Gasteiger partial charge in [0.15, 0.2) is 4.99 Å². The first-order chi connectivity index (χ1) is 7.93. The molecule has 2 rings (SSSR count). The highest BCUT2D eigenvalue weighted by atomic mass is 32.1. The third kappa shape index (κ3) is 1.95. The standard InChI is InChI=1S/C11H13N3O2S/c1-11(17)12-9(15)14(10(16)13(11)2)8-6-4-3-5-7-8/h3-7,17H,1-2H3,(H,12,15). The third-order valence-corrected chi connectivity index (χ3v) is 3.10. The maximum absolute atomic E-state index is 12.1. The Morgan fingerprint density at radius 2 is 1.82 bits per heavy atom. The Kier molecular flexibility index (Phi) is 2.74. The Labute approximate surface area is 105 Å². The first-order valence-corrected chi connectivity index (χ1v) is 5.55. The van der Waals surface area contributed by atoms with E-state index in [1.54, 1.807) is 38.2 Å². The van der Waals surface area contributed by atoms with Gasteiger partial charge in [-0.05, 0) is 19.1 Å². The summed E-state index contributed by atoms with van der Waals surface area (Å²) < 4.78 is 0. The van der Waals surface area contributed by atoms with Crippen molar-refractivity contribution in [3.63, 3.8) is 0 Å². The van der Waals surface area contributed by atoms with E-state index in [0.29, 0.717) is 5.69 Å². The van der Waals surface area contributed by atoms with Crippen molar-refractivity contribution < 1.29 is 9.59 Å². The largest absolute Gasteiger partial charge is 0.335 e. The number of anilines is 1. The number of rotatable bonds is 1. The molecule has 1 heterocycles. The number of thiol groups is 1. The minimum atomic E-state index is -0.973. The van der Waals surface area contributed by atoms with Gasteiger partial charge >= 0.3 is 12.1 Å². The lowest BCUT2D eigenvalue weighted by molar-refractivity contribution is 0.163. The van der Waals surface area contributed by atoms with E-state index in [0.717, 1.165) is 4.90 Å². The van der Waals surface area contributed by atoms with Gasteiger partial charge in [-0.1, -0.05) is 18.2 Å². The zero-order valence-corrected chi connectivity index (χ0v) is 10.4. The second-order valence-electron chi connectivity index (χ2n) is 3.96. The second kappa shape index (κ2) is 3.96. The van der Waals surface area contributed by atoms with Gasteiger partial charge in [-0.25, -0.2) is 14.5 Å². The van der Waals surface area contributed by atoms with E-state index in [-0.39, 0.29) is 0 Å². The zero-order chi connectivity index (χ0) is 12.6. The molecule has 1 unspecified atom stereocenters. The van der Waals surface area contributed by atoms with Crippen LogP contribution in [0.15, 0.2) is 30.3 Å². The fourth-order valence-corrected chi connectivity index (χ4v) is 1.75. The Morgan fingerprint density at radius 3 is 2.41 bits per heavy atom. The molecule has 17 heavy (non-hydrogen) atoms. The monoisotopic (exact) mass is 251 g/mol. The summed E-state index contributed by atoms with van der Waals surface area (Å²) in [5.41, 5.74) is 0.533. The molecule has 1 saturated heterocycles. The van der Waals surface area contributed by atoms with Crippen LogP contribution in [0, 0.1) is 0 Å². The lowest BCUT2D eigenvalue weighted by Gasteiger charge is -2.43. The van der Waals surface area contributed by atoms with Gasteiger partial charge in [0.05, 0.1) is 5.69 Å². The van der Waals surface area contributed by atoms with Crippen LogP contribution in [0.4, 0.5) is 15.3 Å². The van der Waals surface area contributed by atoms with Crippen LogP contribution in [0.5, 0.6) is 0 Å². The summed E-state index contributed by atoms with van der Waals surface area (Å²) in [7, 11) is 1.59. The zero-order valence-electron chi connectivity index (χ0n) is 9.54. The second-order valence-corrected chi connectivity index (χ2v) is 4.83. The molecule has 90 valence electrons. The van der Waals surface area contributed by atoms with Gasteiger partial charge in [0.1, 0.15) is 0 Å². The quantitative estimate of drug-likeness (QED) is 0.749. The first kappa shape index (κ1) is 11.8. The summed E-state index contributed by atoms with van der Waals surface area (Å²) in [5.74, 6) is 0. The number of urea groups is 2. The van der Waals surface area contributed by atoms with Gasteiger partial charge in [0.2, 0.25) is 0 Å². The van der Waals surface area contributed by atoms with Gasteiger partial charge in [-0.2, -0.15) is 0 Å². The number of hydrogen-bond acceptors (Lipinski definition) is 3. The molecule has 0 aliphatic carbocycles. The summed E-state index contributed by atoms with van der Waals surface area (Å²) in [5, 5.41) is 2.64.